The standard InChI is InChI=1S/C16H21NO3/c1-20-16-8-3-2-5-12(16)6-4-7-15(19)13-9-14(11-18)17-10-13/h2-3,5,8,11,13-14,17H,4,6-7,9-10H2,1H3. The molecule has 1 aliphatic heterocycles. The predicted octanol–water partition coefficient (Wildman–Crippen LogP) is 1.76. The Labute approximate surface area is 119 Å². The Hall–Kier alpha value is -1.68. The fourth-order valence-electron chi connectivity index (χ4n) is 2.68. The minimum Gasteiger partial charge on any atom is -0.496 e. The van der Waals surface area contributed by atoms with Gasteiger partial charge in [-0.3, -0.25) is 4.79 Å². The second-order valence-electron chi connectivity index (χ2n) is 5.22. The smallest absolute Gasteiger partial charge is 0.137 e. The summed E-state index contributed by atoms with van der Waals surface area (Å²) in [6.45, 7) is 0.636. The van der Waals surface area contributed by atoms with Crippen molar-refractivity contribution in [3.8, 4) is 5.75 Å². The molecule has 2 unspecified atom stereocenters. The normalized spacial score (nSPS) is 21.6. The van der Waals surface area contributed by atoms with Gasteiger partial charge in [-0.15, -0.1) is 0 Å². The van der Waals surface area contributed by atoms with Gasteiger partial charge in [-0.05, 0) is 30.9 Å². The van der Waals surface area contributed by atoms with Gasteiger partial charge in [-0.1, -0.05) is 18.2 Å². The topological polar surface area (TPSA) is 55.4 Å². The van der Waals surface area contributed by atoms with Gasteiger partial charge in [0.2, 0.25) is 0 Å². The highest BCUT2D eigenvalue weighted by atomic mass is 16.5. The number of ketones is 1. The molecule has 1 aliphatic rings. The highest BCUT2D eigenvalue weighted by molar-refractivity contribution is 5.82. The van der Waals surface area contributed by atoms with Crippen LogP contribution < -0.4 is 10.1 Å². The molecule has 0 aliphatic carbocycles. The second kappa shape index (κ2) is 7.20. The number of hydrogen-bond donors (Lipinski definition) is 1. The lowest BCUT2D eigenvalue weighted by Crippen LogP contribution is -2.22. The number of nitrogens with one attached hydrogen (secondary N) is 1. The van der Waals surface area contributed by atoms with Crippen molar-refractivity contribution in [3.63, 3.8) is 0 Å². The van der Waals surface area contributed by atoms with Crippen LogP contribution in [0.4, 0.5) is 0 Å². The Kier molecular flexibility index (Phi) is 5.30. The van der Waals surface area contributed by atoms with Crippen molar-refractivity contribution >= 4 is 12.1 Å². The second-order valence-corrected chi connectivity index (χ2v) is 5.22. The zero-order valence-electron chi connectivity index (χ0n) is 11.8. The summed E-state index contributed by atoms with van der Waals surface area (Å²) in [5.74, 6) is 1.14. The largest absolute Gasteiger partial charge is 0.496 e. The van der Waals surface area contributed by atoms with E-state index in [2.05, 4.69) is 5.32 Å². The van der Waals surface area contributed by atoms with Gasteiger partial charge in [-0.25, -0.2) is 0 Å². The number of methoxy groups -OCH3 is 1. The van der Waals surface area contributed by atoms with E-state index >= 15 is 0 Å². The van der Waals surface area contributed by atoms with Crippen LogP contribution in [-0.2, 0) is 16.0 Å². The monoisotopic (exact) mass is 275 g/mol. The number of carbonyl (C=O) groups excluding carboxylic acids is 2. The average Bonchev–Trinajstić information content (AvgIpc) is 2.96. The number of para-hydroxylation sites is 1. The van der Waals surface area contributed by atoms with Crippen LogP contribution in [0.15, 0.2) is 24.3 Å². The van der Waals surface area contributed by atoms with E-state index in [1.807, 2.05) is 24.3 Å². The highest BCUT2D eigenvalue weighted by Gasteiger charge is 2.28. The minimum absolute atomic E-state index is 0.00266. The van der Waals surface area contributed by atoms with Crippen LogP contribution in [0.2, 0.25) is 0 Å². The lowest BCUT2D eigenvalue weighted by Gasteiger charge is -2.09. The first-order valence-electron chi connectivity index (χ1n) is 7.08. The van der Waals surface area contributed by atoms with E-state index in [0.29, 0.717) is 19.4 Å². The highest BCUT2D eigenvalue weighted by Crippen LogP contribution is 2.21. The number of ether oxygens (including phenoxy) is 1. The Morgan fingerprint density at radius 3 is 2.95 bits per heavy atom. The zero-order valence-corrected chi connectivity index (χ0v) is 11.8. The fraction of sp³-hybridized carbons (Fsp3) is 0.500. The summed E-state index contributed by atoms with van der Waals surface area (Å²) in [6, 6.07) is 7.75. The number of aryl methyl sites for hydroxylation is 1. The van der Waals surface area contributed by atoms with Crippen LogP contribution in [0.5, 0.6) is 5.75 Å². The number of rotatable bonds is 7. The summed E-state index contributed by atoms with van der Waals surface area (Å²) in [4.78, 5) is 22.7. The molecule has 0 amide bonds. The Bertz CT molecular complexity index is 473. The summed E-state index contributed by atoms with van der Waals surface area (Å²) in [7, 11) is 1.66. The van der Waals surface area contributed by atoms with Crippen molar-refractivity contribution in [3.05, 3.63) is 29.8 Å². The third-order valence-electron chi connectivity index (χ3n) is 3.85. The van der Waals surface area contributed by atoms with E-state index in [-0.39, 0.29) is 17.7 Å². The van der Waals surface area contributed by atoms with Gasteiger partial charge in [0, 0.05) is 18.9 Å². The molecule has 4 nitrogen and oxygen atoms in total. The van der Waals surface area contributed by atoms with Crippen molar-refractivity contribution in [1.82, 2.24) is 5.32 Å². The molecule has 4 heteroatoms. The Balaban J connectivity index is 1.78. The summed E-state index contributed by atoms with van der Waals surface area (Å²) in [6.07, 6.45) is 3.77. The quantitative estimate of drug-likeness (QED) is 0.770. The summed E-state index contributed by atoms with van der Waals surface area (Å²) in [5.41, 5.74) is 1.14. The fourth-order valence-corrected chi connectivity index (χ4v) is 2.68. The van der Waals surface area contributed by atoms with Crippen LogP contribution in [0.3, 0.4) is 0 Å². The molecular weight excluding hydrogens is 254 g/mol. The van der Waals surface area contributed by atoms with Crippen molar-refractivity contribution in [2.24, 2.45) is 5.92 Å². The van der Waals surface area contributed by atoms with E-state index in [1.165, 1.54) is 0 Å². The molecule has 2 atom stereocenters. The summed E-state index contributed by atoms with van der Waals surface area (Å²) >= 11 is 0. The number of carbonyl (C=O) groups is 2. The molecule has 1 saturated heterocycles. The Morgan fingerprint density at radius 1 is 1.45 bits per heavy atom. The first-order chi connectivity index (χ1) is 9.74. The van der Waals surface area contributed by atoms with Crippen molar-refractivity contribution < 1.29 is 14.3 Å². The first kappa shape index (κ1) is 14.7. The van der Waals surface area contributed by atoms with Crippen LogP contribution in [0, 0.1) is 5.92 Å². The lowest BCUT2D eigenvalue weighted by molar-refractivity contribution is -0.122. The van der Waals surface area contributed by atoms with Gasteiger partial charge < -0.3 is 14.8 Å². The maximum absolute atomic E-state index is 12.1. The van der Waals surface area contributed by atoms with Crippen molar-refractivity contribution in [1.29, 1.82) is 0 Å². The maximum Gasteiger partial charge on any atom is 0.137 e. The molecule has 0 spiro atoms. The number of Topliss-reactive ketones (excluding diaryl/α,β-unsaturated/α-hetero) is 1. The van der Waals surface area contributed by atoms with Crippen LogP contribution >= 0.6 is 0 Å². The Morgan fingerprint density at radius 2 is 2.25 bits per heavy atom. The minimum atomic E-state index is -0.141. The first-order valence-corrected chi connectivity index (χ1v) is 7.08. The maximum atomic E-state index is 12.1. The molecule has 20 heavy (non-hydrogen) atoms. The van der Waals surface area contributed by atoms with E-state index in [0.717, 1.165) is 30.4 Å². The SMILES string of the molecule is COc1ccccc1CCCC(=O)C1CNC(C=O)C1. The number of benzene rings is 1. The predicted molar refractivity (Wildman–Crippen MR) is 76.9 cm³/mol. The molecule has 1 aromatic rings. The molecule has 0 saturated carbocycles. The molecule has 1 N–H and O–H groups in total. The molecule has 1 aromatic carbocycles. The third-order valence-corrected chi connectivity index (χ3v) is 3.85. The number of hydrogen-bond acceptors (Lipinski definition) is 4. The van der Waals surface area contributed by atoms with Crippen LogP contribution in [-0.4, -0.2) is 31.8 Å². The van der Waals surface area contributed by atoms with Gasteiger partial charge in [0.05, 0.1) is 13.2 Å². The molecule has 1 heterocycles. The van der Waals surface area contributed by atoms with E-state index in [9.17, 15) is 9.59 Å². The van der Waals surface area contributed by atoms with Gasteiger partial charge in [0.1, 0.15) is 17.8 Å². The van der Waals surface area contributed by atoms with Gasteiger partial charge in [0.15, 0.2) is 0 Å². The molecule has 2 rings (SSSR count). The molecule has 108 valence electrons. The zero-order chi connectivity index (χ0) is 14.4. The molecular formula is C16H21NO3. The molecule has 0 bridgehead atoms. The van der Waals surface area contributed by atoms with Crippen LogP contribution in [0.1, 0.15) is 24.8 Å². The van der Waals surface area contributed by atoms with E-state index in [4.69, 9.17) is 4.74 Å². The van der Waals surface area contributed by atoms with Gasteiger partial charge >= 0.3 is 0 Å². The van der Waals surface area contributed by atoms with Crippen LogP contribution in [0.25, 0.3) is 0 Å². The summed E-state index contributed by atoms with van der Waals surface area (Å²) < 4.78 is 5.30. The average molecular weight is 275 g/mol. The third kappa shape index (κ3) is 3.67. The van der Waals surface area contributed by atoms with E-state index in [1.54, 1.807) is 7.11 Å². The summed E-state index contributed by atoms with van der Waals surface area (Å²) in [5, 5.41) is 3.05. The number of aldehydes is 1. The van der Waals surface area contributed by atoms with Gasteiger partial charge in [0.25, 0.3) is 0 Å². The van der Waals surface area contributed by atoms with Crippen molar-refractivity contribution in [2.75, 3.05) is 13.7 Å². The van der Waals surface area contributed by atoms with Crippen molar-refractivity contribution in [2.45, 2.75) is 31.7 Å². The molecule has 0 aromatic heterocycles. The van der Waals surface area contributed by atoms with E-state index < -0.39 is 0 Å². The molecule has 1 fully saturated rings. The van der Waals surface area contributed by atoms with Gasteiger partial charge in [-0.2, -0.15) is 0 Å². The molecule has 0 radical (unpaired) electrons. The lowest BCUT2D eigenvalue weighted by atomic mass is 9.96.